The molecule has 0 saturated heterocycles. The van der Waals surface area contributed by atoms with Crippen LogP contribution in [0, 0.1) is 6.92 Å². The Hall–Kier alpha value is -2.84. The number of nitrogens with zero attached hydrogens (tertiary/aromatic N) is 3. The lowest BCUT2D eigenvalue weighted by molar-refractivity contribution is 0.102. The second-order valence-corrected chi connectivity index (χ2v) is 7.16. The van der Waals surface area contributed by atoms with Crippen LogP contribution in [0.5, 0.6) is 0 Å². The van der Waals surface area contributed by atoms with Crippen molar-refractivity contribution < 1.29 is 4.79 Å². The van der Waals surface area contributed by atoms with Crippen molar-refractivity contribution in [3.05, 3.63) is 59.2 Å². The Bertz CT molecular complexity index is 1040. The van der Waals surface area contributed by atoms with Crippen molar-refractivity contribution in [1.29, 1.82) is 0 Å². The van der Waals surface area contributed by atoms with Gasteiger partial charge in [-0.2, -0.15) is 0 Å². The van der Waals surface area contributed by atoms with Gasteiger partial charge in [0.25, 0.3) is 5.91 Å². The van der Waals surface area contributed by atoms with E-state index in [4.69, 9.17) is 0 Å². The van der Waals surface area contributed by atoms with E-state index in [2.05, 4.69) is 25.6 Å². The van der Waals surface area contributed by atoms with Crippen molar-refractivity contribution >= 4 is 54.9 Å². The molecule has 25 heavy (non-hydrogen) atoms. The van der Waals surface area contributed by atoms with Gasteiger partial charge in [-0.1, -0.05) is 29.5 Å². The van der Waals surface area contributed by atoms with Crippen molar-refractivity contribution in [2.24, 2.45) is 0 Å². The number of hydrogen-bond donors (Lipinski definition) is 2. The first-order valence-electron chi connectivity index (χ1n) is 7.50. The minimum absolute atomic E-state index is 0.276. The average Bonchev–Trinajstić information content (AvgIpc) is 3.23. The Morgan fingerprint density at radius 1 is 1.08 bits per heavy atom. The molecular formula is C17H13N5OS2. The van der Waals surface area contributed by atoms with E-state index in [0.717, 1.165) is 15.8 Å². The van der Waals surface area contributed by atoms with Gasteiger partial charge in [0, 0.05) is 11.6 Å². The van der Waals surface area contributed by atoms with Crippen LogP contribution in [0.4, 0.5) is 16.1 Å². The number of thiazole rings is 2. The Morgan fingerprint density at radius 2 is 2.00 bits per heavy atom. The van der Waals surface area contributed by atoms with Gasteiger partial charge in [-0.05, 0) is 30.7 Å². The zero-order chi connectivity index (χ0) is 17.2. The van der Waals surface area contributed by atoms with E-state index >= 15 is 0 Å². The molecule has 2 N–H and O–H groups in total. The third kappa shape index (κ3) is 3.35. The molecule has 6 nitrogen and oxygen atoms in total. The summed E-state index contributed by atoms with van der Waals surface area (Å²) >= 11 is 2.80. The van der Waals surface area contributed by atoms with Gasteiger partial charge >= 0.3 is 0 Å². The van der Waals surface area contributed by atoms with Gasteiger partial charge in [-0.25, -0.2) is 15.0 Å². The van der Waals surface area contributed by atoms with Crippen molar-refractivity contribution in [2.75, 3.05) is 10.6 Å². The Balaban J connectivity index is 1.50. The summed E-state index contributed by atoms with van der Waals surface area (Å²) in [7, 11) is 0. The van der Waals surface area contributed by atoms with Gasteiger partial charge in [0.15, 0.2) is 10.3 Å². The summed E-state index contributed by atoms with van der Waals surface area (Å²) in [6.07, 6.45) is 1.69. The van der Waals surface area contributed by atoms with Gasteiger partial charge in [-0.3, -0.25) is 10.1 Å². The molecule has 0 spiro atoms. The SMILES string of the molecule is Cc1cccc2sc(NC(=O)c3csc(Nc4ccccn4)n3)nc12. The van der Waals surface area contributed by atoms with E-state index in [1.54, 1.807) is 11.6 Å². The molecule has 1 amide bonds. The van der Waals surface area contributed by atoms with Crippen LogP contribution in [0.2, 0.25) is 0 Å². The molecule has 0 radical (unpaired) electrons. The molecule has 0 aliphatic heterocycles. The van der Waals surface area contributed by atoms with Gasteiger partial charge in [0.2, 0.25) is 0 Å². The normalized spacial score (nSPS) is 10.8. The summed E-state index contributed by atoms with van der Waals surface area (Å²) in [5.74, 6) is 0.410. The van der Waals surface area contributed by atoms with Crippen LogP contribution in [0.1, 0.15) is 16.1 Å². The molecule has 0 unspecified atom stereocenters. The summed E-state index contributed by atoms with van der Waals surface area (Å²) < 4.78 is 1.05. The third-order valence-corrected chi connectivity index (χ3v) is 5.17. The highest BCUT2D eigenvalue weighted by molar-refractivity contribution is 7.22. The van der Waals surface area contributed by atoms with Crippen LogP contribution in [0.25, 0.3) is 10.2 Å². The largest absolute Gasteiger partial charge is 0.316 e. The Morgan fingerprint density at radius 3 is 2.80 bits per heavy atom. The molecule has 0 aliphatic rings. The predicted molar refractivity (Wildman–Crippen MR) is 102 cm³/mol. The topological polar surface area (TPSA) is 79.8 Å². The lowest BCUT2D eigenvalue weighted by atomic mass is 10.2. The van der Waals surface area contributed by atoms with Crippen molar-refractivity contribution in [3.63, 3.8) is 0 Å². The second-order valence-electron chi connectivity index (χ2n) is 5.27. The summed E-state index contributed by atoms with van der Waals surface area (Å²) in [5.41, 5.74) is 2.35. The number of carbonyl (C=O) groups excluding carboxylic acids is 1. The quantitative estimate of drug-likeness (QED) is 0.557. The molecule has 3 heterocycles. The molecule has 0 bridgehead atoms. The molecular weight excluding hydrogens is 354 g/mol. The molecule has 0 saturated carbocycles. The van der Waals surface area contributed by atoms with Gasteiger partial charge < -0.3 is 5.32 Å². The summed E-state index contributed by atoms with van der Waals surface area (Å²) in [6.45, 7) is 2.00. The number of carbonyl (C=O) groups is 1. The number of aromatic nitrogens is 3. The number of para-hydroxylation sites is 1. The fourth-order valence-electron chi connectivity index (χ4n) is 2.28. The molecule has 124 valence electrons. The van der Waals surface area contributed by atoms with E-state index < -0.39 is 0 Å². The van der Waals surface area contributed by atoms with Crippen LogP contribution in [0.15, 0.2) is 48.0 Å². The van der Waals surface area contributed by atoms with E-state index in [0.29, 0.717) is 21.8 Å². The number of hydrogen-bond acceptors (Lipinski definition) is 7. The number of amides is 1. The number of nitrogens with one attached hydrogen (secondary N) is 2. The predicted octanol–water partition coefficient (Wildman–Crippen LogP) is 4.45. The second kappa shape index (κ2) is 6.58. The lowest BCUT2D eigenvalue weighted by Gasteiger charge is -2.00. The van der Waals surface area contributed by atoms with Gasteiger partial charge in [0.05, 0.1) is 10.2 Å². The molecule has 0 atom stereocenters. The Labute approximate surface area is 151 Å². The number of benzene rings is 1. The summed E-state index contributed by atoms with van der Waals surface area (Å²) in [5, 5.41) is 8.79. The fraction of sp³-hybridized carbons (Fsp3) is 0.0588. The standard InChI is InChI=1S/C17H13N5OS2/c1-10-5-4-6-12-14(10)21-17(25-12)22-15(23)11-9-24-16(19-11)20-13-7-2-3-8-18-13/h2-9H,1H3,(H,18,19,20)(H,21,22,23). The lowest BCUT2D eigenvalue weighted by Crippen LogP contribution is -2.12. The molecule has 0 fully saturated rings. The highest BCUT2D eigenvalue weighted by Crippen LogP contribution is 2.28. The highest BCUT2D eigenvalue weighted by Gasteiger charge is 2.14. The number of fused-ring (bicyclic) bond motifs is 1. The summed E-state index contributed by atoms with van der Waals surface area (Å²) in [4.78, 5) is 25.4. The smallest absolute Gasteiger partial charge is 0.276 e. The molecule has 8 heteroatoms. The van der Waals surface area contributed by atoms with E-state index in [1.165, 1.54) is 22.7 Å². The van der Waals surface area contributed by atoms with Crippen LogP contribution in [-0.4, -0.2) is 20.9 Å². The molecule has 4 rings (SSSR count). The first-order valence-corrected chi connectivity index (χ1v) is 9.20. The number of aryl methyl sites for hydroxylation is 1. The third-order valence-electron chi connectivity index (χ3n) is 3.48. The fourth-order valence-corrected chi connectivity index (χ4v) is 3.92. The zero-order valence-electron chi connectivity index (χ0n) is 13.2. The first kappa shape index (κ1) is 15.7. The average molecular weight is 367 g/mol. The van der Waals surface area contributed by atoms with Crippen LogP contribution >= 0.6 is 22.7 Å². The van der Waals surface area contributed by atoms with Crippen LogP contribution in [0.3, 0.4) is 0 Å². The summed E-state index contributed by atoms with van der Waals surface area (Å²) in [6, 6.07) is 11.5. The van der Waals surface area contributed by atoms with E-state index in [1.807, 2.05) is 43.3 Å². The van der Waals surface area contributed by atoms with Crippen LogP contribution in [-0.2, 0) is 0 Å². The number of anilines is 3. The number of rotatable bonds is 4. The minimum atomic E-state index is -0.276. The van der Waals surface area contributed by atoms with Crippen molar-refractivity contribution in [3.8, 4) is 0 Å². The maximum absolute atomic E-state index is 12.4. The number of pyridine rings is 1. The van der Waals surface area contributed by atoms with Gasteiger partial charge in [0.1, 0.15) is 11.5 Å². The van der Waals surface area contributed by atoms with Crippen molar-refractivity contribution in [1.82, 2.24) is 15.0 Å². The monoisotopic (exact) mass is 367 g/mol. The molecule has 0 aliphatic carbocycles. The maximum atomic E-state index is 12.4. The molecule has 4 aromatic rings. The van der Waals surface area contributed by atoms with Crippen molar-refractivity contribution in [2.45, 2.75) is 6.92 Å². The molecule has 3 aromatic heterocycles. The Kier molecular flexibility index (Phi) is 4.12. The zero-order valence-corrected chi connectivity index (χ0v) is 14.8. The molecule has 1 aromatic carbocycles. The van der Waals surface area contributed by atoms with E-state index in [9.17, 15) is 4.79 Å². The van der Waals surface area contributed by atoms with Gasteiger partial charge in [-0.15, -0.1) is 11.3 Å². The first-order chi connectivity index (χ1) is 12.2. The van der Waals surface area contributed by atoms with Crippen LogP contribution < -0.4 is 10.6 Å². The maximum Gasteiger partial charge on any atom is 0.276 e. The minimum Gasteiger partial charge on any atom is -0.316 e. The van der Waals surface area contributed by atoms with E-state index in [-0.39, 0.29) is 5.91 Å². The highest BCUT2D eigenvalue weighted by atomic mass is 32.1.